The number of alkyl halides is 3. The Morgan fingerprint density at radius 2 is 1.75 bits per heavy atom. The molecule has 1 aromatic rings. The third-order valence-electron chi connectivity index (χ3n) is 3.34. The molecule has 2 rings (SSSR count). The fourth-order valence-corrected chi connectivity index (χ4v) is 2.25. The molecular formula is C15H16F3NO. The van der Waals surface area contributed by atoms with Crippen molar-refractivity contribution in [1.29, 1.82) is 0 Å². The maximum absolute atomic E-state index is 12.8. The van der Waals surface area contributed by atoms with Crippen LogP contribution in [0.3, 0.4) is 0 Å². The molecule has 1 N–H and O–H groups in total. The van der Waals surface area contributed by atoms with E-state index in [-0.39, 0.29) is 11.5 Å². The highest BCUT2D eigenvalue weighted by molar-refractivity contribution is 5.95. The number of allylic oxidation sites excluding steroid dienone is 1. The third kappa shape index (κ3) is 3.62. The fourth-order valence-electron chi connectivity index (χ4n) is 2.25. The van der Waals surface area contributed by atoms with Gasteiger partial charge in [-0.2, -0.15) is 13.2 Å². The number of carbonyl (C=O) groups excluding carboxylic acids is 1. The molecule has 1 aliphatic carbocycles. The number of carbonyl (C=O) groups is 1. The molecule has 108 valence electrons. The van der Waals surface area contributed by atoms with Crippen molar-refractivity contribution in [2.24, 2.45) is 0 Å². The van der Waals surface area contributed by atoms with Crippen LogP contribution in [0.5, 0.6) is 0 Å². The van der Waals surface area contributed by atoms with Gasteiger partial charge in [0.15, 0.2) is 5.78 Å². The second kappa shape index (κ2) is 6.11. The van der Waals surface area contributed by atoms with Crippen molar-refractivity contribution in [1.82, 2.24) is 0 Å². The summed E-state index contributed by atoms with van der Waals surface area (Å²) in [4.78, 5) is 11.8. The standard InChI is InChI=1S/C15H16F3NO/c16-15(17,18)12-7-4-5-8-13(12)19-10-11-6-2-1-3-9-14(11)20/h4-5,7-8,10,19H,1-3,6,9H2. The monoisotopic (exact) mass is 283 g/mol. The molecule has 1 fully saturated rings. The highest BCUT2D eigenvalue weighted by Gasteiger charge is 2.33. The summed E-state index contributed by atoms with van der Waals surface area (Å²) in [5, 5.41) is 2.64. The van der Waals surface area contributed by atoms with Crippen molar-refractivity contribution in [3.63, 3.8) is 0 Å². The molecule has 0 spiro atoms. The second-order valence-corrected chi connectivity index (χ2v) is 4.84. The number of hydrogen-bond acceptors (Lipinski definition) is 2. The molecule has 1 saturated carbocycles. The Morgan fingerprint density at radius 1 is 1.05 bits per heavy atom. The van der Waals surface area contributed by atoms with E-state index in [1.54, 1.807) is 0 Å². The average molecular weight is 283 g/mol. The first-order valence-electron chi connectivity index (χ1n) is 6.63. The summed E-state index contributed by atoms with van der Waals surface area (Å²) < 4.78 is 38.5. The van der Waals surface area contributed by atoms with Gasteiger partial charge in [0.2, 0.25) is 0 Å². The van der Waals surface area contributed by atoms with E-state index in [9.17, 15) is 18.0 Å². The molecule has 0 amide bonds. The third-order valence-corrected chi connectivity index (χ3v) is 3.34. The molecule has 0 aliphatic heterocycles. The van der Waals surface area contributed by atoms with Gasteiger partial charge in [-0.1, -0.05) is 18.6 Å². The van der Waals surface area contributed by atoms with Gasteiger partial charge in [-0.3, -0.25) is 4.79 Å². The summed E-state index contributed by atoms with van der Waals surface area (Å²) in [5.41, 5.74) is -0.165. The number of ketones is 1. The van der Waals surface area contributed by atoms with Crippen molar-refractivity contribution in [2.75, 3.05) is 5.32 Å². The zero-order valence-corrected chi connectivity index (χ0v) is 11.0. The van der Waals surface area contributed by atoms with Crippen LogP contribution in [0.25, 0.3) is 0 Å². The number of rotatable bonds is 2. The van der Waals surface area contributed by atoms with Crippen molar-refractivity contribution in [3.8, 4) is 0 Å². The fraction of sp³-hybridized carbons (Fsp3) is 0.400. The van der Waals surface area contributed by atoms with Crippen LogP contribution in [0.15, 0.2) is 36.0 Å². The molecule has 0 heterocycles. The largest absolute Gasteiger partial charge is 0.418 e. The maximum Gasteiger partial charge on any atom is 0.418 e. The lowest BCUT2D eigenvalue weighted by molar-refractivity contribution is -0.136. The number of nitrogens with one attached hydrogen (secondary N) is 1. The highest BCUT2D eigenvalue weighted by atomic mass is 19.4. The van der Waals surface area contributed by atoms with E-state index in [4.69, 9.17) is 0 Å². The maximum atomic E-state index is 12.8. The van der Waals surface area contributed by atoms with Gasteiger partial charge in [-0.15, -0.1) is 0 Å². The number of para-hydroxylation sites is 1. The van der Waals surface area contributed by atoms with Crippen molar-refractivity contribution >= 4 is 11.5 Å². The van der Waals surface area contributed by atoms with Crippen LogP contribution in [0.2, 0.25) is 0 Å². The first-order valence-corrected chi connectivity index (χ1v) is 6.63. The minimum atomic E-state index is -4.41. The lowest BCUT2D eigenvalue weighted by atomic mass is 10.1. The highest BCUT2D eigenvalue weighted by Crippen LogP contribution is 2.34. The Bertz CT molecular complexity index is 520. The van der Waals surface area contributed by atoms with Crippen LogP contribution in [-0.4, -0.2) is 5.78 Å². The normalized spacial score (nSPS) is 18.9. The van der Waals surface area contributed by atoms with Gasteiger partial charge in [-0.25, -0.2) is 0 Å². The lowest BCUT2D eigenvalue weighted by Crippen LogP contribution is -2.09. The van der Waals surface area contributed by atoms with Gasteiger partial charge in [0.05, 0.1) is 11.3 Å². The number of anilines is 1. The number of Topliss-reactive ketones (excluding diaryl/α,β-unsaturated/α-hetero) is 1. The van der Waals surface area contributed by atoms with Crippen LogP contribution in [0.1, 0.15) is 37.7 Å². The first-order chi connectivity index (χ1) is 9.48. The van der Waals surface area contributed by atoms with Crippen LogP contribution >= 0.6 is 0 Å². The molecule has 0 saturated heterocycles. The summed E-state index contributed by atoms with van der Waals surface area (Å²) in [6, 6.07) is 5.26. The summed E-state index contributed by atoms with van der Waals surface area (Å²) in [7, 11) is 0. The number of hydrogen-bond donors (Lipinski definition) is 1. The van der Waals surface area contributed by atoms with Crippen LogP contribution < -0.4 is 5.32 Å². The predicted molar refractivity (Wildman–Crippen MR) is 71.2 cm³/mol. The van der Waals surface area contributed by atoms with Gasteiger partial charge >= 0.3 is 6.18 Å². The molecule has 0 atom stereocenters. The molecule has 0 bridgehead atoms. The number of halogens is 3. The molecule has 20 heavy (non-hydrogen) atoms. The Labute approximate surface area is 115 Å². The molecule has 5 heteroatoms. The minimum Gasteiger partial charge on any atom is -0.361 e. The summed E-state index contributed by atoms with van der Waals surface area (Å²) in [6.45, 7) is 0. The Morgan fingerprint density at radius 3 is 2.50 bits per heavy atom. The van der Waals surface area contributed by atoms with Gasteiger partial charge in [0.1, 0.15) is 0 Å². The molecule has 1 aliphatic rings. The number of benzene rings is 1. The Hall–Kier alpha value is -1.78. The average Bonchev–Trinajstić information content (AvgIpc) is 2.60. The summed E-state index contributed by atoms with van der Waals surface area (Å²) >= 11 is 0. The summed E-state index contributed by atoms with van der Waals surface area (Å²) in [5.74, 6) is 0.0273. The molecule has 2 nitrogen and oxygen atoms in total. The van der Waals surface area contributed by atoms with Crippen LogP contribution in [0, 0.1) is 0 Å². The van der Waals surface area contributed by atoms with Gasteiger partial charge in [0.25, 0.3) is 0 Å². The van der Waals surface area contributed by atoms with Crippen molar-refractivity contribution in [2.45, 2.75) is 38.3 Å². The summed E-state index contributed by atoms with van der Waals surface area (Å²) in [6.07, 6.45) is 0.875. The zero-order valence-electron chi connectivity index (χ0n) is 11.0. The van der Waals surface area contributed by atoms with E-state index in [0.717, 1.165) is 25.3 Å². The van der Waals surface area contributed by atoms with Crippen LogP contribution in [0.4, 0.5) is 18.9 Å². The Balaban J connectivity index is 2.20. The topological polar surface area (TPSA) is 29.1 Å². The van der Waals surface area contributed by atoms with E-state index >= 15 is 0 Å². The molecular weight excluding hydrogens is 267 g/mol. The second-order valence-electron chi connectivity index (χ2n) is 4.84. The van der Waals surface area contributed by atoms with Gasteiger partial charge in [-0.05, 0) is 31.4 Å². The van der Waals surface area contributed by atoms with E-state index < -0.39 is 11.7 Å². The predicted octanol–water partition coefficient (Wildman–Crippen LogP) is 4.53. The Kier molecular flexibility index (Phi) is 4.47. The van der Waals surface area contributed by atoms with Gasteiger partial charge in [0, 0.05) is 18.2 Å². The molecule has 0 aromatic heterocycles. The van der Waals surface area contributed by atoms with E-state index in [2.05, 4.69) is 5.32 Å². The zero-order chi connectivity index (χ0) is 14.6. The van der Waals surface area contributed by atoms with Crippen LogP contribution in [-0.2, 0) is 11.0 Å². The van der Waals surface area contributed by atoms with E-state index in [0.29, 0.717) is 18.4 Å². The van der Waals surface area contributed by atoms with Gasteiger partial charge < -0.3 is 5.32 Å². The molecule has 1 aromatic carbocycles. The van der Waals surface area contributed by atoms with E-state index in [1.807, 2.05) is 0 Å². The quantitative estimate of drug-likeness (QED) is 0.638. The minimum absolute atomic E-state index is 0.0236. The van der Waals surface area contributed by atoms with Crippen molar-refractivity contribution < 1.29 is 18.0 Å². The van der Waals surface area contributed by atoms with Crippen molar-refractivity contribution in [3.05, 3.63) is 41.6 Å². The van der Waals surface area contributed by atoms with E-state index in [1.165, 1.54) is 24.4 Å². The lowest BCUT2D eigenvalue weighted by Gasteiger charge is -2.13. The first kappa shape index (κ1) is 14.6. The smallest absolute Gasteiger partial charge is 0.361 e. The molecule has 0 radical (unpaired) electrons. The molecule has 0 unspecified atom stereocenters. The SMILES string of the molecule is O=C1CCCCCC1=CNc1ccccc1C(F)(F)F.